The van der Waals surface area contributed by atoms with Crippen molar-refractivity contribution in [1.82, 2.24) is 0 Å². The van der Waals surface area contributed by atoms with Crippen molar-refractivity contribution in [3.05, 3.63) is 95.1 Å². The first-order chi connectivity index (χ1) is 13.9. The van der Waals surface area contributed by atoms with Gasteiger partial charge in [0.05, 0.1) is 0 Å². The van der Waals surface area contributed by atoms with Gasteiger partial charge in [0.1, 0.15) is 11.5 Å². The molecule has 0 atom stereocenters. The van der Waals surface area contributed by atoms with Gasteiger partial charge in [-0.05, 0) is 47.4 Å². The Morgan fingerprint density at radius 2 is 1.31 bits per heavy atom. The second-order valence-corrected chi connectivity index (χ2v) is 6.64. The third-order valence-corrected chi connectivity index (χ3v) is 4.27. The van der Waals surface area contributed by atoms with E-state index in [4.69, 9.17) is 9.47 Å². The van der Waals surface area contributed by atoms with Crippen LogP contribution in [0.5, 0.6) is 11.5 Å². The summed E-state index contributed by atoms with van der Waals surface area (Å²) in [4.78, 5) is 23.3. The number of rotatable bonds is 5. The van der Waals surface area contributed by atoms with Crippen molar-refractivity contribution in [3.8, 4) is 11.5 Å². The number of ether oxygens (including phenoxy) is 2. The van der Waals surface area contributed by atoms with E-state index in [0.29, 0.717) is 22.6 Å². The molecule has 0 aliphatic carbocycles. The Kier molecular flexibility index (Phi) is 6.25. The van der Waals surface area contributed by atoms with Crippen molar-refractivity contribution < 1.29 is 19.1 Å². The topological polar surface area (TPSA) is 52.6 Å². The highest BCUT2D eigenvalue weighted by Gasteiger charge is 2.17. The number of hydrogen-bond donors (Lipinski definition) is 0. The molecule has 3 aromatic rings. The Labute approximate surface area is 170 Å². The summed E-state index contributed by atoms with van der Waals surface area (Å²) in [6.45, 7) is 4.53. The van der Waals surface area contributed by atoms with Crippen LogP contribution in [-0.4, -0.2) is 11.9 Å². The summed E-state index contributed by atoms with van der Waals surface area (Å²) >= 11 is 0. The molecule has 0 aliphatic rings. The zero-order chi connectivity index (χ0) is 20.8. The van der Waals surface area contributed by atoms with E-state index < -0.39 is 11.9 Å². The first-order valence-corrected chi connectivity index (χ1v) is 9.28. The molecule has 3 aromatic carbocycles. The highest BCUT2D eigenvalue weighted by molar-refractivity contribution is 5.94. The molecule has 146 valence electrons. The quantitative estimate of drug-likeness (QED) is 0.333. The predicted molar refractivity (Wildman–Crippen MR) is 114 cm³/mol. The number of carbonyl (C=O) groups excluding carboxylic acids is 2. The lowest BCUT2D eigenvalue weighted by atomic mass is 9.93. The summed E-state index contributed by atoms with van der Waals surface area (Å²) in [5.74, 6) is 0.0147. The van der Waals surface area contributed by atoms with Crippen LogP contribution in [-0.2, 0) is 9.59 Å². The van der Waals surface area contributed by atoms with Crippen LogP contribution in [0.15, 0.2) is 72.8 Å². The fourth-order valence-corrected chi connectivity index (χ4v) is 3.03. The molecule has 0 bridgehead atoms. The zero-order valence-electron chi connectivity index (χ0n) is 16.6. The minimum Gasteiger partial charge on any atom is -0.426 e. The van der Waals surface area contributed by atoms with Crippen molar-refractivity contribution in [3.63, 3.8) is 0 Å². The first-order valence-electron chi connectivity index (χ1n) is 9.28. The van der Waals surface area contributed by atoms with E-state index in [-0.39, 0.29) is 0 Å². The van der Waals surface area contributed by atoms with Gasteiger partial charge < -0.3 is 9.47 Å². The fraction of sp³-hybridized carbons (Fsp3) is 0.120. The lowest BCUT2D eigenvalue weighted by molar-refractivity contribution is -0.133. The van der Waals surface area contributed by atoms with Crippen molar-refractivity contribution in [2.45, 2.75) is 20.8 Å². The molecule has 0 saturated carbocycles. The van der Waals surface area contributed by atoms with Crippen molar-refractivity contribution in [2.75, 3.05) is 0 Å². The van der Waals surface area contributed by atoms with Crippen LogP contribution in [0.2, 0.25) is 0 Å². The summed E-state index contributed by atoms with van der Waals surface area (Å²) in [6, 6.07) is 23.1. The van der Waals surface area contributed by atoms with Crippen LogP contribution < -0.4 is 9.47 Å². The smallest absolute Gasteiger partial charge is 0.308 e. The Hall–Kier alpha value is -3.66. The molecule has 0 aromatic heterocycles. The summed E-state index contributed by atoms with van der Waals surface area (Å²) in [6.07, 6.45) is 2.02. The van der Waals surface area contributed by atoms with Crippen LogP contribution in [0.25, 0.3) is 11.6 Å². The predicted octanol–water partition coefficient (Wildman–Crippen LogP) is 5.43. The van der Waals surface area contributed by atoms with E-state index in [2.05, 4.69) is 0 Å². The molecular weight excluding hydrogens is 364 g/mol. The summed E-state index contributed by atoms with van der Waals surface area (Å²) in [5.41, 5.74) is 4.16. The molecule has 0 N–H and O–H groups in total. The minimum absolute atomic E-state index is 0.410. The third-order valence-electron chi connectivity index (χ3n) is 4.27. The first kappa shape index (κ1) is 20.1. The van der Waals surface area contributed by atoms with Crippen LogP contribution in [0.1, 0.15) is 36.1 Å². The van der Waals surface area contributed by atoms with E-state index >= 15 is 0 Å². The lowest BCUT2D eigenvalue weighted by Crippen LogP contribution is -2.07. The number of carbonyl (C=O) groups is 2. The van der Waals surface area contributed by atoms with Gasteiger partial charge >= 0.3 is 11.9 Å². The van der Waals surface area contributed by atoms with E-state index in [1.807, 2.05) is 66.7 Å². The van der Waals surface area contributed by atoms with Gasteiger partial charge in [-0.2, -0.15) is 0 Å². The standard InChI is InChI=1S/C25H22O4/c1-17-14-25(29-19(3)27)23(16-24(17)28-18(2)26)22(21-12-8-5-9-13-21)15-20-10-6-4-7-11-20/h4-16H,1-3H3/b22-15+. The average molecular weight is 386 g/mol. The molecule has 0 aliphatic heterocycles. The van der Waals surface area contributed by atoms with Crippen LogP contribution in [0, 0.1) is 6.92 Å². The molecule has 29 heavy (non-hydrogen) atoms. The van der Waals surface area contributed by atoms with Gasteiger partial charge in [-0.25, -0.2) is 0 Å². The van der Waals surface area contributed by atoms with Gasteiger partial charge in [-0.1, -0.05) is 60.7 Å². The van der Waals surface area contributed by atoms with Gasteiger partial charge in [0.15, 0.2) is 0 Å². The molecule has 0 spiro atoms. The Bertz CT molecular complexity index is 1050. The van der Waals surface area contributed by atoms with Crippen LogP contribution >= 0.6 is 0 Å². The maximum absolute atomic E-state index is 11.7. The molecule has 0 amide bonds. The summed E-state index contributed by atoms with van der Waals surface area (Å²) in [7, 11) is 0. The zero-order valence-corrected chi connectivity index (χ0v) is 16.6. The molecule has 4 nitrogen and oxygen atoms in total. The summed E-state index contributed by atoms with van der Waals surface area (Å²) in [5, 5.41) is 0. The SMILES string of the molecule is CC(=O)Oc1cc(/C(=C/c2ccccc2)c2ccccc2)c(OC(C)=O)cc1C. The Morgan fingerprint density at radius 3 is 1.90 bits per heavy atom. The van der Waals surface area contributed by atoms with Gasteiger partial charge in [0, 0.05) is 19.4 Å². The van der Waals surface area contributed by atoms with E-state index in [1.54, 1.807) is 19.1 Å². The molecule has 0 heterocycles. The molecule has 0 radical (unpaired) electrons. The number of aryl methyl sites for hydroxylation is 1. The third kappa shape index (κ3) is 5.20. The molecule has 0 saturated heterocycles. The highest BCUT2D eigenvalue weighted by Crippen LogP contribution is 2.37. The largest absolute Gasteiger partial charge is 0.426 e. The fourth-order valence-electron chi connectivity index (χ4n) is 3.03. The van der Waals surface area contributed by atoms with Crippen molar-refractivity contribution in [1.29, 1.82) is 0 Å². The van der Waals surface area contributed by atoms with E-state index in [1.165, 1.54) is 13.8 Å². The van der Waals surface area contributed by atoms with E-state index in [9.17, 15) is 9.59 Å². The second kappa shape index (κ2) is 9.02. The minimum atomic E-state index is -0.419. The number of benzene rings is 3. The Balaban J connectivity index is 2.26. The molecular formula is C25H22O4. The van der Waals surface area contributed by atoms with Crippen molar-refractivity contribution >= 4 is 23.6 Å². The van der Waals surface area contributed by atoms with Crippen molar-refractivity contribution in [2.24, 2.45) is 0 Å². The Morgan fingerprint density at radius 1 is 0.759 bits per heavy atom. The number of hydrogen-bond acceptors (Lipinski definition) is 4. The molecule has 0 unspecified atom stereocenters. The van der Waals surface area contributed by atoms with Gasteiger partial charge in [-0.3, -0.25) is 9.59 Å². The molecule has 3 rings (SSSR count). The average Bonchev–Trinajstić information content (AvgIpc) is 2.69. The maximum atomic E-state index is 11.7. The van der Waals surface area contributed by atoms with Gasteiger partial charge in [0.2, 0.25) is 0 Å². The van der Waals surface area contributed by atoms with Gasteiger partial charge in [-0.15, -0.1) is 0 Å². The van der Waals surface area contributed by atoms with Crippen LogP contribution in [0.4, 0.5) is 0 Å². The van der Waals surface area contributed by atoms with Crippen LogP contribution in [0.3, 0.4) is 0 Å². The lowest BCUT2D eigenvalue weighted by Gasteiger charge is -2.17. The maximum Gasteiger partial charge on any atom is 0.308 e. The second-order valence-electron chi connectivity index (χ2n) is 6.64. The molecule has 0 fully saturated rings. The normalized spacial score (nSPS) is 11.1. The highest BCUT2D eigenvalue weighted by atomic mass is 16.5. The van der Waals surface area contributed by atoms with Gasteiger partial charge in [0.25, 0.3) is 0 Å². The summed E-state index contributed by atoms with van der Waals surface area (Å²) < 4.78 is 10.9. The number of esters is 2. The molecule has 4 heteroatoms. The van der Waals surface area contributed by atoms with E-state index in [0.717, 1.165) is 16.7 Å². The monoisotopic (exact) mass is 386 g/mol.